The maximum Gasteiger partial charge on any atom is 0.305 e. The molecule has 0 aromatic heterocycles. The normalized spacial score (nSPS) is 13.0. The number of ether oxygens (including phenoxy) is 1. The van der Waals surface area contributed by atoms with E-state index in [9.17, 15) is 19.8 Å². The number of aliphatic hydroxyl groups excluding tert-OH is 2. The Balaban J connectivity index is 3.49. The van der Waals surface area contributed by atoms with E-state index in [0.717, 1.165) is 70.6 Å². The first-order valence-corrected chi connectivity index (χ1v) is 31.6. The molecule has 0 fully saturated rings. The molecule has 2 atom stereocenters. The van der Waals surface area contributed by atoms with Gasteiger partial charge >= 0.3 is 5.97 Å². The lowest BCUT2D eigenvalue weighted by Crippen LogP contribution is -2.45. The summed E-state index contributed by atoms with van der Waals surface area (Å²) in [6.07, 6.45) is 79.7. The highest BCUT2D eigenvalue weighted by Gasteiger charge is 2.18. The Kier molecular flexibility index (Phi) is 59.0. The van der Waals surface area contributed by atoms with Crippen molar-refractivity contribution in [3.8, 4) is 0 Å². The molecule has 0 aliphatic rings. The standard InChI is InChI=1S/C66H121NO5/c1-3-5-7-9-11-13-15-17-19-20-28-31-34-38-42-46-50-54-58-64(69)63(62-68)67-65(70)59-55-51-47-43-39-35-32-29-26-24-22-21-23-25-27-30-33-37-41-45-49-53-57-61-72-66(71)60-56-52-48-44-40-36-18-16-14-12-10-8-6-4-2/h10,12,16,18,21,23-24,26,54,58,63-64,68-69H,3-9,11,13-15,17,19-20,22,25,27-53,55-57,59-62H2,1-2H3,(H,67,70)/b12-10-,18-16-,23-21-,26-24-,58-54+. The zero-order valence-electron chi connectivity index (χ0n) is 47.9. The van der Waals surface area contributed by atoms with Gasteiger partial charge in [0.2, 0.25) is 5.91 Å². The summed E-state index contributed by atoms with van der Waals surface area (Å²) in [4.78, 5) is 24.5. The van der Waals surface area contributed by atoms with E-state index >= 15 is 0 Å². The molecule has 6 heteroatoms. The molecule has 0 heterocycles. The third-order valence-corrected chi connectivity index (χ3v) is 14.3. The second-order valence-corrected chi connectivity index (χ2v) is 21.4. The fraction of sp³-hybridized carbons (Fsp3) is 0.818. The first kappa shape index (κ1) is 69.6. The number of rotatable bonds is 58. The molecule has 2 unspecified atom stereocenters. The van der Waals surface area contributed by atoms with Crippen LogP contribution < -0.4 is 5.32 Å². The van der Waals surface area contributed by atoms with Crippen LogP contribution in [0.2, 0.25) is 0 Å². The number of unbranched alkanes of at least 4 members (excludes halogenated alkanes) is 39. The zero-order valence-corrected chi connectivity index (χ0v) is 47.9. The largest absolute Gasteiger partial charge is 0.466 e. The van der Waals surface area contributed by atoms with E-state index in [0.29, 0.717) is 19.4 Å². The van der Waals surface area contributed by atoms with Gasteiger partial charge < -0.3 is 20.3 Å². The van der Waals surface area contributed by atoms with Gasteiger partial charge in [-0.3, -0.25) is 9.59 Å². The summed E-state index contributed by atoms with van der Waals surface area (Å²) in [5.74, 6) is -0.0863. The highest BCUT2D eigenvalue weighted by atomic mass is 16.5. The van der Waals surface area contributed by atoms with Crippen molar-refractivity contribution < 1.29 is 24.5 Å². The number of nitrogens with one attached hydrogen (secondary N) is 1. The van der Waals surface area contributed by atoms with Crippen molar-refractivity contribution in [3.05, 3.63) is 60.8 Å². The number of carbonyl (C=O) groups is 2. The number of allylic oxidation sites excluding steroid dienone is 9. The second-order valence-electron chi connectivity index (χ2n) is 21.4. The minimum absolute atomic E-state index is 0.00864. The lowest BCUT2D eigenvalue weighted by Gasteiger charge is -2.20. The van der Waals surface area contributed by atoms with E-state index < -0.39 is 12.1 Å². The van der Waals surface area contributed by atoms with Crippen LogP contribution >= 0.6 is 0 Å². The molecule has 0 bridgehead atoms. The van der Waals surface area contributed by atoms with Gasteiger partial charge in [0.15, 0.2) is 0 Å². The molecular weight excluding hydrogens is 887 g/mol. The molecule has 0 spiro atoms. The van der Waals surface area contributed by atoms with Crippen LogP contribution in [0.3, 0.4) is 0 Å². The molecule has 0 saturated heterocycles. The van der Waals surface area contributed by atoms with Crippen molar-refractivity contribution in [2.45, 2.75) is 334 Å². The summed E-state index contributed by atoms with van der Waals surface area (Å²) >= 11 is 0. The Morgan fingerprint density at radius 1 is 0.389 bits per heavy atom. The summed E-state index contributed by atoms with van der Waals surface area (Å²) in [7, 11) is 0. The number of aliphatic hydroxyl groups is 2. The monoisotopic (exact) mass is 1010 g/mol. The molecule has 0 aromatic rings. The highest BCUT2D eigenvalue weighted by molar-refractivity contribution is 5.76. The fourth-order valence-electron chi connectivity index (χ4n) is 9.39. The van der Waals surface area contributed by atoms with Crippen LogP contribution in [0.15, 0.2) is 60.8 Å². The average molecular weight is 1010 g/mol. The lowest BCUT2D eigenvalue weighted by atomic mass is 10.0. The third-order valence-electron chi connectivity index (χ3n) is 14.3. The zero-order chi connectivity index (χ0) is 52.2. The van der Waals surface area contributed by atoms with E-state index in [4.69, 9.17) is 4.74 Å². The number of hydrogen-bond donors (Lipinski definition) is 3. The molecule has 0 saturated carbocycles. The van der Waals surface area contributed by atoms with Crippen molar-refractivity contribution in [3.63, 3.8) is 0 Å². The average Bonchev–Trinajstić information content (AvgIpc) is 3.38. The fourth-order valence-corrected chi connectivity index (χ4v) is 9.39. The molecule has 3 N–H and O–H groups in total. The summed E-state index contributed by atoms with van der Waals surface area (Å²) in [6, 6.07) is -0.637. The van der Waals surface area contributed by atoms with Gasteiger partial charge in [-0.25, -0.2) is 0 Å². The predicted octanol–water partition coefficient (Wildman–Crippen LogP) is 19.9. The number of amides is 1. The Hall–Kier alpha value is -2.44. The van der Waals surface area contributed by atoms with Gasteiger partial charge in [0.1, 0.15) is 0 Å². The van der Waals surface area contributed by atoms with Gasteiger partial charge in [-0.2, -0.15) is 0 Å². The molecule has 0 rings (SSSR count). The van der Waals surface area contributed by atoms with Gasteiger partial charge in [-0.15, -0.1) is 0 Å². The van der Waals surface area contributed by atoms with E-state index in [1.807, 2.05) is 6.08 Å². The molecule has 0 aliphatic heterocycles. The van der Waals surface area contributed by atoms with E-state index in [1.165, 1.54) is 225 Å². The quantitative estimate of drug-likeness (QED) is 0.0320. The first-order valence-electron chi connectivity index (χ1n) is 31.6. The van der Waals surface area contributed by atoms with Crippen LogP contribution in [-0.2, 0) is 14.3 Å². The van der Waals surface area contributed by atoms with Crippen molar-refractivity contribution in [2.24, 2.45) is 0 Å². The van der Waals surface area contributed by atoms with Crippen LogP contribution in [0.5, 0.6) is 0 Å². The van der Waals surface area contributed by atoms with E-state index in [1.54, 1.807) is 6.08 Å². The molecule has 0 radical (unpaired) electrons. The van der Waals surface area contributed by atoms with E-state index in [-0.39, 0.29) is 18.5 Å². The Morgan fingerprint density at radius 3 is 1.10 bits per heavy atom. The van der Waals surface area contributed by atoms with Crippen LogP contribution in [0.25, 0.3) is 0 Å². The van der Waals surface area contributed by atoms with Crippen LogP contribution in [-0.4, -0.2) is 47.4 Å². The van der Waals surface area contributed by atoms with Crippen LogP contribution in [0.4, 0.5) is 0 Å². The molecule has 1 amide bonds. The minimum Gasteiger partial charge on any atom is -0.466 e. The van der Waals surface area contributed by atoms with Gasteiger partial charge in [0.25, 0.3) is 0 Å². The van der Waals surface area contributed by atoms with Crippen molar-refractivity contribution in [1.29, 1.82) is 0 Å². The van der Waals surface area contributed by atoms with Crippen LogP contribution in [0, 0.1) is 0 Å². The second kappa shape index (κ2) is 61.1. The molecule has 420 valence electrons. The number of carbonyl (C=O) groups excluding carboxylic acids is 2. The number of hydrogen-bond acceptors (Lipinski definition) is 5. The Morgan fingerprint density at radius 2 is 0.708 bits per heavy atom. The maximum atomic E-state index is 12.5. The summed E-state index contributed by atoms with van der Waals surface area (Å²) in [5, 5.41) is 23.2. The highest BCUT2D eigenvalue weighted by Crippen LogP contribution is 2.16. The van der Waals surface area contributed by atoms with Crippen molar-refractivity contribution >= 4 is 11.9 Å². The minimum atomic E-state index is -0.853. The summed E-state index contributed by atoms with van der Waals surface area (Å²) < 4.78 is 5.47. The molecular formula is C66H121NO5. The Labute approximate surface area is 448 Å². The Bertz CT molecular complexity index is 1250. The third kappa shape index (κ3) is 56.8. The molecule has 6 nitrogen and oxygen atoms in total. The van der Waals surface area contributed by atoms with Gasteiger partial charge in [-0.1, -0.05) is 280 Å². The van der Waals surface area contributed by atoms with Crippen molar-refractivity contribution in [2.75, 3.05) is 13.2 Å². The van der Waals surface area contributed by atoms with Crippen molar-refractivity contribution in [1.82, 2.24) is 5.32 Å². The predicted molar refractivity (Wildman–Crippen MR) is 315 cm³/mol. The molecule has 0 aliphatic carbocycles. The molecule has 72 heavy (non-hydrogen) atoms. The maximum absolute atomic E-state index is 12.5. The van der Waals surface area contributed by atoms with E-state index in [2.05, 4.69) is 67.8 Å². The molecule has 0 aromatic carbocycles. The van der Waals surface area contributed by atoms with Gasteiger partial charge in [-0.05, 0) is 89.9 Å². The van der Waals surface area contributed by atoms with Crippen LogP contribution in [0.1, 0.15) is 322 Å². The lowest BCUT2D eigenvalue weighted by molar-refractivity contribution is -0.143. The summed E-state index contributed by atoms with van der Waals surface area (Å²) in [5.41, 5.74) is 0. The van der Waals surface area contributed by atoms with Gasteiger partial charge in [0.05, 0.1) is 25.4 Å². The summed E-state index contributed by atoms with van der Waals surface area (Å²) in [6.45, 7) is 4.86. The first-order chi connectivity index (χ1) is 35.5. The van der Waals surface area contributed by atoms with Gasteiger partial charge in [0, 0.05) is 12.8 Å². The SMILES string of the molecule is CCCC/C=C\C/C=C\CCCCCCCC(=O)OCCCCCCCCCCC/C=C\C/C=C\CCCCCCCCCC(=O)NC(CO)C(O)/C=C/CCCCCCCCCCCCCCCCCC. The smallest absolute Gasteiger partial charge is 0.305 e. The number of esters is 1. The topological polar surface area (TPSA) is 95.9 Å².